The summed E-state index contributed by atoms with van der Waals surface area (Å²) in [5.41, 5.74) is 1.69. The zero-order valence-corrected chi connectivity index (χ0v) is 11.1. The molecule has 19 heavy (non-hydrogen) atoms. The number of aromatic nitrogens is 2. The van der Waals surface area contributed by atoms with E-state index in [9.17, 15) is 0 Å². The molecule has 1 heterocycles. The Hall–Kier alpha value is -2.13. The van der Waals surface area contributed by atoms with Crippen LogP contribution >= 0.6 is 11.6 Å². The van der Waals surface area contributed by atoms with Crippen LogP contribution in [0.15, 0.2) is 48.8 Å². The molecule has 3 aromatic rings. The molecule has 0 saturated carbocycles. The van der Waals surface area contributed by atoms with Crippen molar-refractivity contribution in [3.05, 3.63) is 53.9 Å². The maximum absolute atomic E-state index is 6.05. The summed E-state index contributed by atoms with van der Waals surface area (Å²) in [4.78, 5) is 8.26. The first kappa shape index (κ1) is 11.9. The van der Waals surface area contributed by atoms with Gasteiger partial charge in [-0.1, -0.05) is 54.1 Å². The van der Waals surface area contributed by atoms with Crippen LogP contribution < -0.4 is 4.74 Å². The van der Waals surface area contributed by atoms with Crippen molar-refractivity contribution in [2.24, 2.45) is 0 Å². The maximum Gasteiger partial charge on any atom is 0.182 e. The van der Waals surface area contributed by atoms with E-state index < -0.39 is 0 Å². The van der Waals surface area contributed by atoms with Crippen molar-refractivity contribution in [2.45, 2.75) is 0 Å². The van der Waals surface area contributed by atoms with Crippen LogP contribution in [0.2, 0.25) is 5.15 Å². The molecule has 0 aliphatic rings. The van der Waals surface area contributed by atoms with Gasteiger partial charge in [-0.25, -0.2) is 9.97 Å². The maximum atomic E-state index is 6.05. The van der Waals surface area contributed by atoms with Gasteiger partial charge in [0.15, 0.2) is 10.9 Å². The summed E-state index contributed by atoms with van der Waals surface area (Å²) in [5.74, 6) is 0.500. The molecule has 3 rings (SSSR count). The molecule has 94 valence electrons. The van der Waals surface area contributed by atoms with Crippen LogP contribution in [0.4, 0.5) is 0 Å². The van der Waals surface area contributed by atoms with Gasteiger partial charge in [-0.15, -0.1) is 0 Å². The fraction of sp³-hybridized carbons (Fsp3) is 0.0667. The molecule has 0 radical (unpaired) electrons. The Kier molecular flexibility index (Phi) is 3.05. The zero-order valence-electron chi connectivity index (χ0n) is 10.3. The molecule has 4 heteroatoms. The predicted octanol–water partition coefficient (Wildman–Crippen LogP) is 3.96. The fourth-order valence-corrected chi connectivity index (χ4v) is 2.37. The van der Waals surface area contributed by atoms with Gasteiger partial charge >= 0.3 is 0 Å². The highest BCUT2D eigenvalue weighted by Crippen LogP contribution is 2.36. The highest BCUT2D eigenvalue weighted by Gasteiger charge is 2.14. The normalized spacial score (nSPS) is 10.6. The Morgan fingerprint density at radius 3 is 2.63 bits per heavy atom. The topological polar surface area (TPSA) is 35.0 Å². The van der Waals surface area contributed by atoms with E-state index in [1.54, 1.807) is 7.11 Å². The molecule has 1 aromatic heterocycles. The minimum Gasteiger partial charge on any atom is -0.491 e. The molecule has 0 bridgehead atoms. The number of fused-ring (bicyclic) bond motifs is 1. The average molecular weight is 271 g/mol. The molecule has 0 saturated heterocycles. The van der Waals surface area contributed by atoms with Gasteiger partial charge in [0.2, 0.25) is 0 Å². The van der Waals surface area contributed by atoms with E-state index in [-0.39, 0.29) is 0 Å². The number of ether oxygens (including phenoxy) is 1. The number of rotatable bonds is 2. The Bertz CT molecular complexity index is 738. The summed E-state index contributed by atoms with van der Waals surface area (Å²) < 4.78 is 5.32. The van der Waals surface area contributed by atoms with Crippen molar-refractivity contribution in [2.75, 3.05) is 7.11 Å². The lowest BCUT2D eigenvalue weighted by Crippen LogP contribution is -1.94. The number of methoxy groups -OCH3 is 1. The third-order valence-corrected chi connectivity index (χ3v) is 3.28. The minimum absolute atomic E-state index is 0.320. The largest absolute Gasteiger partial charge is 0.491 e. The Morgan fingerprint density at radius 1 is 1.00 bits per heavy atom. The third kappa shape index (κ3) is 2.02. The second kappa shape index (κ2) is 4.86. The highest BCUT2D eigenvalue weighted by molar-refractivity contribution is 6.31. The van der Waals surface area contributed by atoms with Crippen LogP contribution in [-0.2, 0) is 0 Å². The van der Waals surface area contributed by atoms with Crippen molar-refractivity contribution in [1.29, 1.82) is 0 Å². The summed E-state index contributed by atoms with van der Waals surface area (Å²) in [6.07, 6.45) is 1.45. The fourth-order valence-electron chi connectivity index (χ4n) is 2.16. The van der Waals surface area contributed by atoms with Gasteiger partial charge in [-0.05, 0) is 10.8 Å². The van der Waals surface area contributed by atoms with Crippen LogP contribution in [0.5, 0.6) is 5.75 Å². The van der Waals surface area contributed by atoms with Gasteiger partial charge in [-0.2, -0.15) is 0 Å². The molecule has 0 aliphatic carbocycles. The molecule has 0 atom stereocenters. The zero-order chi connectivity index (χ0) is 13.2. The number of hydrogen-bond acceptors (Lipinski definition) is 3. The third-order valence-electron chi connectivity index (χ3n) is 3.01. The summed E-state index contributed by atoms with van der Waals surface area (Å²) >= 11 is 6.05. The first-order chi connectivity index (χ1) is 9.31. The smallest absolute Gasteiger partial charge is 0.182 e. The second-order valence-corrected chi connectivity index (χ2v) is 4.43. The van der Waals surface area contributed by atoms with Crippen LogP contribution in [-0.4, -0.2) is 17.1 Å². The lowest BCUT2D eigenvalue weighted by molar-refractivity contribution is 0.413. The molecule has 0 spiro atoms. The second-order valence-electron chi connectivity index (χ2n) is 4.07. The first-order valence-corrected chi connectivity index (χ1v) is 6.21. The number of halogens is 1. The van der Waals surface area contributed by atoms with Gasteiger partial charge < -0.3 is 4.74 Å². The van der Waals surface area contributed by atoms with E-state index in [2.05, 4.69) is 28.2 Å². The predicted molar refractivity (Wildman–Crippen MR) is 76.5 cm³/mol. The minimum atomic E-state index is 0.320. The summed E-state index contributed by atoms with van der Waals surface area (Å²) in [6, 6.07) is 14.2. The number of hydrogen-bond donors (Lipinski definition) is 0. The van der Waals surface area contributed by atoms with Crippen LogP contribution in [0, 0.1) is 0 Å². The van der Waals surface area contributed by atoms with Crippen molar-refractivity contribution in [1.82, 2.24) is 9.97 Å². The van der Waals surface area contributed by atoms with Crippen LogP contribution in [0.3, 0.4) is 0 Å². The van der Waals surface area contributed by atoms with Crippen molar-refractivity contribution in [3.8, 4) is 17.0 Å². The van der Waals surface area contributed by atoms with Crippen molar-refractivity contribution >= 4 is 22.4 Å². The van der Waals surface area contributed by atoms with Gasteiger partial charge in [0.25, 0.3) is 0 Å². The average Bonchev–Trinajstić information content (AvgIpc) is 2.46. The summed E-state index contributed by atoms with van der Waals surface area (Å²) in [5, 5.41) is 2.58. The van der Waals surface area contributed by atoms with Crippen molar-refractivity contribution < 1.29 is 4.74 Å². The lowest BCUT2D eigenvalue weighted by atomic mass is 10.0. The quantitative estimate of drug-likeness (QED) is 0.661. The lowest BCUT2D eigenvalue weighted by Gasteiger charge is -2.10. The van der Waals surface area contributed by atoms with E-state index >= 15 is 0 Å². The molecule has 0 unspecified atom stereocenters. The van der Waals surface area contributed by atoms with Gasteiger partial charge in [-0.3, -0.25) is 0 Å². The summed E-state index contributed by atoms with van der Waals surface area (Å²) in [6.45, 7) is 0. The molecule has 0 amide bonds. The Morgan fingerprint density at radius 2 is 1.79 bits per heavy atom. The SMILES string of the molecule is COc1c(Cl)ncnc1-c1cccc2ccccc12. The van der Waals surface area contributed by atoms with E-state index in [1.807, 2.05) is 24.3 Å². The molecule has 0 N–H and O–H groups in total. The first-order valence-electron chi connectivity index (χ1n) is 5.84. The summed E-state index contributed by atoms with van der Waals surface area (Å²) in [7, 11) is 1.57. The number of nitrogens with zero attached hydrogens (tertiary/aromatic N) is 2. The van der Waals surface area contributed by atoms with E-state index in [1.165, 1.54) is 6.33 Å². The van der Waals surface area contributed by atoms with E-state index in [4.69, 9.17) is 16.3 Å². The van der Waals surface area contributed by atoms with E-state index in [0.29, 0.717) is 16.6 Å². The van der Waals surface area contributed by atoms with Crippen LogP contribution in [0.25, 0.3) is 22.0 Å². The van der Waals surface area contributed by atoms with E-state index in [0.717, 1.165) is 16.3 Å². The van der Waals surface area contributed by atoms with Crippen LogP contribution in [0.1, 0.15) is 0 Å². The highest BCUT2D eigenvalue weighted by atomic mass is 35.5. The standard InChI is InChI=1S/C15H11ClN2O/c1-19-14-13(17-9-18-15(14)16)12-8-4-6-10-5-2-3-7-11(10)12/h2-9H,1H3. The molecule has 0 fully saturated rings. The molecular formula is C15H11ClN2O. The molecule has 3 nitrogen and oxygen atoms in total. The monoisotopic (exact) mass is 270 g/mol. The van der Waals surface area contributed by atoms with Gasteiger partial charge in [0.1, 0.15) is 12.0 Å². The van der Waals surface area contributed by atoms with Crippen molar-refractivity contribution in [3.63, 3.8) is 0 Å². The number of benzene rings is 2. The molecule has 0 aliphatic heterocycles. The van der Waals surface area contributed by atoms with Gasteiger partial charge in [0.05, 0.1) is 7.11 Å². The Balaban J connectivity index is 2.34. The molecule has 2 aromatic carbocycles. The Labute approximate surface area is 115 Å². The van der Waals surface area contributed by atoms with Gasteiger partial charge in [0, 0.05) is 5.56 Å². The molecular weight excluding hydrogens is 260 g/mol.